The molecule has 3 rings (SSSR count). The predicted molar refractivity (Wildman–Crippen MR) is 71.3 cm³/mol. The Bertz CT molecular complexity index is 635. The lowest BCUT2D eigenvalue weighted by molar-refractivity contribution is 0.601. The van der Waals surface area contributed by atoms with Crippen molar-refractivity contribution in [2.75, 3.05) is 36.0 Å². The summed E-state index contributed by atoms with van der Waals surface area (Å²) < 4.78 is 12.8. The molecule has 1 fully saturated rings. The van der Waals surface area contributed by atoms with Crippen molar-refractivity contribution in [1.82, 2.24) is 19.9 Å². The van der Waals surface area contributed by atoms with Crippen LogP contribution in [0.2, 0.25) is 0 Å². The zero-order chi connectivity index (χ0) is 13.9. The van der Waals surface area contributed by atoms with E-state index in [2.05, 4.69) is 19.9 Å². The lowest BCUT2D eigenvalue weighted by Crippen LogP contribution is -2.47. The van der Waals surface area contributed by atoms with Gasteiger partial charge in [-0.15, -0.1) is 0 Å². The number of nitrogens with one attached hydrogen (secondary N) is 1. The van der Waals surface area contributed by atoms with Crippen LogP contribution in [0.15, 0.2) is 29.6 Å². The van der Waals surface area contributed by atoms with Crippen molar-refractivity contribution < 1.29 is 4.39 Å². The lowest BCUT2D eigenvalue weighted by Gasteiger charge is -2.35. The van der Waals surface area contributed by atoms with Crippen molar-refractivity contribution >= 4 is 11.8 Å². The van der Waals surface area contributed by atoms with E-state index in [9.17, 15) is 9.18 Å². The van der Waals surface area contributed by atoms with Gasteiger partial charge in [0, 0.05) is 32.2 Å². The fourth-order valence-corrected chi connectivity index (χ4v) is 2.14. The van der Waals surface area contributed by atoms with Crippen LogP contribution in [0.4, 0.5) is 16.2 Å². The van der Waals surface area contributed by atoms with Crippen molar-refractivity contribution in [1.29, 1.82) is 0 Å². The molecule has 0 amide bonds. The van der Waals surface area contributed by atoms with E-state index in [1.807, 2.05) is 9.80 Å². The number of hydrogen-bond acceptors (Lipinski definition) is 6. The van der Waals surface area contributed by atoms with Gasteiger partial charge in [-0.1, -0.05) is 0 Å². The van der Waals surface area contributed by atoms with Crippen molar-refractivity contribution in [3.8, 4) is 0 Å². The Balaban J connectivity index is 1.67. The van der Waals surface area contributed by atoms with Gasteiger partial charge in [0.05, 0.1) is 18.7 Å². The fraction of sp³-hybridized carbons (Fsp3) is 0.333. The monoisotopic (exact) mass is 276 g/mol. The molecule has 0 aliphatic carbocycles. The van der Waals surface area contributed by atoms with Crippen molar-refractivity contribution in [2.24, 2.45) is 0 Å². The Morgan fingerprint density at radius 2 is 1.70 bits per heavy atom. The highest BCUT2D eigenvalue weighted by Crippen LogP contribution is 2.14. The third-order valence-electron chi connectivity index (χ3n) is 3.16. The number of aromatic amines is 1. The number of halogens is 1. The third kappa shape index (κ3) is 2.58. The molecular formula is C12H13FN6O. The van der Waals surface area contributed by atoms with E-state index in [0.29, 0.717) is 37.9 Å². The molecule has 104 valence electrons. The predicted octanol–water partition coefficient (Wildman–Crippen LogP) is 0.0256. The largest absolute Gasteiger partial charge is 0.353 e. The number of rotatable bonds is 2. The molecule has 2 aromatic rings. The molecule has 2 aromatic heterocycles. The summed E-state index contributed by atoms with van der Waals surface area (Å²) in [6, 6.07) is 1.48. The van der Waals surface area contributed by atoms with E-state index >= 15 is 0 Å². The van der Waals surface area contributed by atoms with Crippen molar-refractivity contribution in [2.45, 2.75) is 0 Å². The van der Waals surface area contributed by atoms with E-state index in [-0.39, 0.29) is 5.56 Å². The van der Waals surface area contributed by atoms with Gasteiger partial charge < -0.3 is 14.8 Å². The molecule has 0 atom stereocenters. The van der Waals surface area contributed by atoms with Gasteiger partial charge in [-0.2, -0.15) is 0 Å². The van der Waals surface area contributed by atoms with Gasteiger partial charge in [0.2, 0.25) is 5.95 Å². The summed E-state index contributed by atoms with van der Waals surface area (Å²) >= 11 is 0. The van der Waals surface area contributed by atoms with E-state index in [1.54, 1.807) is 0 Å². The molecule has 0 radical (unpaired) electrons. The maximum atomic E-state index is 12.8. The van der Waals surface area contributed by atoms with Gasteiger partial charge in [-0.05, 0) is 0 Å². The van der Waals surface area contributed by atoms with Crippen LogP contribution in [0.3, 0.4) is 0 Å². The van der Waals surface area contributed by atoms with Gasteiger partial charge >= 0.3 is 0 Å². The van der Waals surface area contributed by atoms with Gasteiger partial charge in [-0.3, -0.25) is 4.79 Å². The Hall–Kier alpha value is -2.51. The SMILES string of the molecule is O=c1cc(N2CCN(c3ncc(F)cn3)CC2)nc[nH]1. The molecule has 1 N–H and O–H groups in total. The summed E-state index contributed by atoms with van der Waals surface area (Å²) in [5.74, 6) is 0.735. The van der Waals surface area contributed by atoms with Crippen LogP contribution in [0.1, 0.15) is 0 Å². The highest BCUT2D eigenvalue weighted by atomic mass is 19.1. The maximum absolute atomic E-state index is 12.8. The smallest absolute Gasteiger partial charge is 0.252 e. The minimum absolute atomic E-state index is 0.167. The first-order valence-electron chi connectivity index (χ1n) is 6.24. The van der Waals surface area contributed by atoms with Gasteiger partial charge in [0.1, 0.15) is 5.82 Å². The second-order valence-electron chi connectivity index (χ2n) is 4.44. The van der Waals surface area contributed by atoms with Crippen LogP contribution in [-0.4, -0.2) is 46.1 Å². The van der Waals surface area contributed by atoms with Gasteiger partial charge in [-0.25, -0.2) is 19.3 Å². The van der Waals surface area contributed by atoms with Crippen LogP contribution >= 0.6 is 0 Å². The normalized spacial score (nSPS) is 15.4. The lowest BCUT2D eigenvalue weighted by atomic mass is 10.3. The zero-order valence-electron chi connectivity index (χ0n) is 10.7. The number of nitrogens with zero attached hydrogens (tertiary/aromatic N) is 5. The molecule has 0 bridgehead atoms. The van der Waals surface area contributed by atoms with Crippen LogP contribution < -0.4 is 15.4 Å². The van der Waals surface area contributed by atoms with Crippen LogP contribution in [0, 0.1) is 5.82 Å². The van der Waals surface area contributed by atoms with Crippen molar-refractivity contribution in [3.05, 3.63) is 41.0 Å². The summed E-state index contributed by atoms with van der Waals surface area (Å²) in [6.45, 7) is 2.80. The molecule has 7 nitrogen and oxygen atoms in total. The highest BCUT2D eigenvalue weighted by Gasteiger charge is 2.20. The highest BCUT2D eigenvalue weighted by molar-refractivity contribution is 5.40. The van der Waals surface area contributed by atoms with Crippen LogP contribution in [0.5, 0.6) is 0 Å². The second-order valence-corrected chi connectivity index (χ2v) is 4.44. The molecule has 1 aliphatic rings. The number of anilines is 2. The average Bonchev–Trinajstić information content (AvgIpc) is 2.48. The zero-order valence-corrected chi connectivity index (χ0v) is 10.7. The molecule has 20 heavy (non-hydrogen) atoms. The fourth-order valence-electron chi connectivity index (χ4n) is 2.14. The summed E-state index contributed by atoms with van der Waals surface area (Å²) in [5.41, 5.74) is -0.167. The minimum Gasteiger partial charge on any atom is -0.353 e. The molecule has 0 aromatic carbocycles. The first-order valence-corrected chi connectivity index (χ1v) is 6.24. The summed E-state index contributed by atoms with van der Waals surface area (Å²) in [7, 11) is 0. The quantitative estimate of drug-likeness (QED) is 0.833. The Kier molecular flexibility index (Phi) is 3.28. The summed E-state index contributed by atoms with van der Waals surface area (Å²) in [5, 5.41) is 0. The van der Waals surface area contributed by atoms with Crippen molar-refractivity contribution in [3.63, 3.8) is 0 Å². The van der Waals surface area contributed by atoms with E-state index in [4.69, 9.17) is 0 Å². The molecule has 8 heteroatoms. The summed E-state index contributed by atoms with van der Waals surface area (Å²) in [6.07, 6.45) is 3.72. The third-order valence-corrected chi connectivity index (χ3v) is 3.16. The first kappa shape index (κ1) is 12.5. The summed E-state index contributed by atoms with van der Waals surface area (Å²) in [4.78, 5) is 29.8. The second kappa shape index (κ2) is 5.24. The standard InChI is InChI=1S/C12H13FN6O/c13-9-6-14-12(15-7-9)19-3-1-18(2-4-19)10-5-11(20)17-8-16-10/h5-8H,1-4H2,(H,16,17,20). The number of piperazine rings is 1. The number of H-pyrrole nitrogens is 1. The molecule has 0 spiro atoms. The van der Waals surface area contributed by atoms with Crippen LogP contribution in [-0.2, 0) is 0 Å². The van der Waals surface area contributed by atoms with E-state index in [0.717, 1.165) is 12.4 Å². The average molecular weight is 276 g/mol. The molecular weight excluding hydrogens is 263 g/mol. The molecule has 1 aliphatic heterocycles. The minimum atomic E-state index is -0.444. The maximum Gasteiger partial charge on any atom is 0.252 e. The van der Waals surface area contributed by atoms with E-state index < -0.39 is 5.82 Å². The van der Waals surface area contributed by atoms with Gasteiger partial charge in [0.25, 0.3) is 5.56 Å². The Morgan fingerprint density at radius 1 is 1.05 bits per heavy atom. The van der Waals surface area contributed by atoms with Crippen LogP contribution in [0.25, 0.3) is 0 Å². The van der Waals surface area contributed by atoms with E-state index in [1.165, 1.54) is 12.4 Å². The number of aromatic nitrogens is 4. The molecule has 3 heterocycles. The topological polar surface area (TPSA) is 78.0 Å². The molecule has 0 unspecified atom stereocenters. The van der Waals surface area contributed by atoms with Gasteiger partial charge in [0.15, 0.2) is 5.82 Å². The first-order chi connectivity index (χ1) is 9.72. The number of hydrogen-bond donors (Lipinski definition) is 1. The Morgan fingerprint density at radius 3 is 2.35 bits per heavy atom. The molecule has 1 saturated heterocycles. The molecule has 0 saturated carbocycles. The Labute approximate surface area is 114 Å².